The zero-order valence-electron chi connectivity index (χ0n) is 12.1. The predicted molar refractivity (Wildman–Crippen MR) is 81.8 cm³/mol. The highest BCUT2D eigenvalue weighted by molar-refractivity contribution is 9.09. The maximum atomic E-state index is 12.7. The number of amides is 1. The van der Waals surface area contributed by atoms with E-state index in [0.717, 1.165) is 10.9 Å². The minimum Gasteiger partial charge on any atom is -0.496 e. The second-order valence-electron chi connectivity index (χ2n) is 5.14. The maximum Gasteiger partial charge on any atom is 0.257 e. The number of hydrogen-bond acceptors (Lipinski definition) is 3. The van der Waals surface area contributed by atoms with Crippen molar-refractivity contribution in [2.75, 3.05) is 25.5 Å². The summed E-state index contributed by atoms with van der Waals surface area (Å²) in [5.74, 6) is 0.627. The van der Waals surface area contributed by atoms with Crippen LogP contribution in [-0.4, -0.2) is 48.5 Å². The molecule has 2 atom stereocenters. The maximum absolute atomic E-state index is 12.7. The Morgan fingerprint density at radius 3 is 2.90 bits per heavy atom. The van der Waals surface area contributed by atoms with Crippen LogP contribution in [0.25, 0.3) is 0 Å². The van der Waals surface area contributed by atoms with Crippen molar-refractivity contribution in [1.29, 1.82) is 0 Å². The molecule has 2 unspecified atom stereocenters. The molecule has 0 radical (unpaired) electrons. The van der Waals surface area contributed by atoms with Gasteiger partial charge in [0.05, 0.1) is 24.9 Å². The Balaban J connectivity index is 2.24. The number of aryl methyl sites for hydroxylation is 1. The number of carbonyl (C=O) groups excluding carboxylic acids is 1. The lowest BCUT2D eigenvalue weighted by Crippen LogP contribution is -2.49. The van der Waals surface area contributed by atoms with Gasteiger partial charge in [0.25, 0.3) is 5.91 Å². The lowest BCUT2D eigenvalue weighted by atomic mass is 10.1. The van der Waals surface area contributed by atoms with E-state index in [9.17, 15) is 4.79 Å². The Bertz CT molecular complexity index is 492. The third-order valence-electron chi connectivity index (χ3n) is 3.37. The fourth-order valence-corrected chi connectivity index (χ4v) is 2.81. The molecule has 0 aromatic heterocycles. The van der Waals surface area contributed by atoms with Crippen molar-refractivity contribution in [3.05, 3.63) is 29.3 Å². The minimum absolute atomic E-state index is 0.00616. The topological polar surface area (TPSA) is 38.8 Å². The van der Waals surface area contributed by atoms with Crippen LogP contribution in [0.3, 0.4) is 0 Å². The molecule has 4 nitrogen and oxygen atoms in total. The molecule has 110 valence electrons. The van der Waals surface area contributed by atoms with E-state index in [4.69, 9.17) is 9.47 Å². The van der Waals surface area contributed by atoms with Crippen molar-refractivity contribution < 1.29 is 14.3 Å². The molecule has 0 N–H and O–H groups in total. The standard InChI is InChI=1S/C15H20BrNO3/c1-10-4-5-14(19-3)13(6-10)15(18)17-8-11(2)20-12(7-16)9-17/h4-6,11-12H,7-9H2,1-3H3. The average molecular weight is 342 g/mol. The highest BCUT2D eigenvalue weighted by Gasteiger charge is 2.29. The fraction of sp³-hybridized carbons (Fsp3) is 0.533. The zero-order valence-corrected chi connectivity index (χ0v) is 13.6. The smallest absolute Gasteiger partial charge is 0.257 e. The van der Waals surface area contributed by atoms with Crippen molar-refractivity contribution in [1.82, 2.24) is 4.90 Å². The normalized spacial score (nSPS) is 22.7. The van der Waals surface area contributed by atoms with Gasteiger partial charge in [-0.05, 0) is 26.0 Å². The summed E-state index contributed by atoms with van der Waals surface area (Å²) in [6, 6.07) is 5.66. The summed E-state index contributed by atoms with van der Waals surface area (Å²) in [6.45, 7) is 5.17. The molecule has 1 saturated heterocycles. The van der Waals surface area contributed by atoms with Crippen molar-refractivity contribution >= 4 is 21.8 Å². The van der Waals surface area contributed by atoms with Crippen LogP contribution in [0.4, 0.5) is 0 Å². The Morgan fingerprint density at radius 1 is 1.50 bits per heavy atom. The number of hydrogen-bond donors (Lipinski definition) is 0. The van der Waals surface area contributed by atoms with Gasteiger partial charge < -0.3 is 14.4 Å². The molecule has 1 fully saturated rings. The van der Waals surface area contributed by atoms with Gasteiger partial charge in [0, 0.05) is 18.4 Å². The molecule has 1 aliphatic heterocycles. The third kappa shape index (κ3) is 3.33. The van der Waals surface area contributed by atoms with E-state index in [-0.39, 0.29) is 18.1 Å². The first kappa shape index (κ1) is 15.3. The number of benzene rings is 1. The molecular weight excluding hydrogens is 322 g/mol. The first-order valence-corrected chi connectivity index (χ1v) is 7.82. The molecule has 1 amide bonds. The summed E-state index contributed by atoms with van der Waals surface area (Å²) in [4.78, 5) is 14.6. The number of halogens is 1. The Morgan fingerprint density at radius 2 is 2.25 bits per heavy atom. The highest BCUT2D eigenvalue weighted by Crippen LogP contribution is 2.23. The summed E-state index contributed by atoms with van der Waals surface area (Å²) in [5.41, 5.74) is 1.67. The van der Waals surface area contributed by atoms with Crippen molar-refractivity contribution in [2.45, 2.75) is 26.1 Å². The van der Waals surface area contributed by atoms with Crippen LogP contribution in [0, 0.1) is 6.92 Å². The van der Waals surface area contributed by atoms with Crippen molar-refractivity contribution in [3.8, 4) is 5.75 Å². The second-order valence-corrected chi connectivity index (χ2v) is 5.78. The first-order valence-electron chi connectivity index (χ1n) is 6.70. The van der Waals surface area contributed by atoms with E-state index < -0.39 is 0 Å². The average Bonchev–Trinajstić information content (AvgIpc) is 2.45. The predicted octanol–water partition coefficient (Wildman–Crippen LogP) is 2.63. The summed E-state index contributed by atoms with van der Waals surface area (Å²) in [7, 11) is 1.59. The SMILES string of the molecule is COc1ccc(C)cc1C(=O)N1CC(C)OC(CBr)C1. The van der Waals surface area contributed by atoms with E-state index in [2.05, 4.69) is 15.9 Å². The van der Waals surface area contributed by atoms with E-state index in [1.54, 1.807) is 7.11 Å². The van der Waals surface area contributed by atoms with Crippen LogP contribution in [-0.2, 0) is 4.74 Å². The molecule has 0 saturated carbocycles. The Kier molecular flexibility index (Phi) is 5.05. The van der Waals surface area contributed by atoms with E-state index >= 15 is 0 Å². The van der Waals surface area contributed by atoms with Crippen LogP contribution in [0.2, 0.25) is 0 Å². The van der Waals surface area contributed by atoms with E-state index in [1.807, 2.05) is 36.9 Å². The quantitative estimate of drug-likeness (QED) is 0.793. The molecular formula is C15H20BrNO3. The number of morpholine rings is 1. The number of alkyl halides is 1. The lowest BCUT2D eigenvalue weighted by Gasteiger charge is -2.36. The number of nitrogens with zero attached hydrogens (tertiary/aromatic N) is 1. The number of ether oxygens (including phenoxy) is 2. The molecule has 2 rings (SSSR count). The third-order valence-corrected chi connectivity index (χ3v) is 4.09. The fourth-order valence-electron chi connectivity index (χ4n) is 2.46. The van der Waals surface area contributed by atoms with Crippen LogP contribution in [0.15, 0.2) is 18.2 Å². The molecule has 1 heterocycles. The zero-order chi connectivity index (χ0) is 14.7. The Hall–Kier alpha value is -1.07. The van der Waals surface area contributed by atoms with Crippen molar-refractivity contribution in [2.24, 2.45) is 0 Å². The van der Waals surface area contributed by atoms with Gasteiger partial charge in [-0.3, -0.25) is 4.79 Å². The van der Waals surface area contributed by atoms with Crippen molar-refractivity contribution in [3.63, 3.8) is 0 Å². The van der Waals surface area contributed by atoms with Crippen LogP contribution in [0.5, 0.6) is 5.75 Å². The molecule has 0 spiro atoms. The van der Waals surface area contributed by atoms with Crippen LogP contribution in [0.1, 0.15) is 22.8 Å². The highest BCUT2D eigenvalue weighted by atomic mass is 79.9. The van der Waals surface area contributed by atoms with E-state index in [1.165, 1.54) is 0 Å². The van der Waals surface area contributed by atoms with Gasteiger partial charge >= 0.3 is 0 Å². The van der Waals surface area contributed by atoms with Gasteiger partial charge in [0.15, 0.2) is 0 Å². The molecule has 0 bridgehead atoms. The van der Waals surface area contributed by atoms with Gasteiger partial charge in [-0.15, -0.1) is 0 Å². The summed E-state index contributed by atoms with van der Waals surface area (Å²) in [6.07, 6.45) is 0.0876. The van der Waals surface area contributed by atoms with Gasteiger partial charge in [0.2, 0.25) is 0 Å². The van der Waals surface area contributed by atoms with E-state index in [0.29, 0.717) is 24.4 Å². The van der Waals surface area contributed by atoms with Gasteiger partial charge in [0.1, 0.15) is 5.75 Å². The van der Waals surface area contributed by atoms with Gasteiger partial charge in [-0.1, -0.05) is 27.6 Å². The summed E-state index contributed by atoms with van der Waals surface area (Å²) >= 11 is 3.42. The molecule has 1 aliphatic rings. The molecule has 1 aromatic rings. The molecule has 20 heavy (non-hydrogen) atoms. The largest absolute Gasteiger partial charge is 0.496 e. The summed E-state index contributed by atoms with van der Waals surface area (Å²) < 4.78 is 11.1. The number of rotatable bonds is 3. The Labute approximate surface area is 128 Å². The molecule has 5 heteroatoms. The van der Waals surface area contributed by atoms with Crippen LogP contribution < -0.4 is 4.74 Å². The van der Waals surface area contributed by atoms with Gasteiger partial charge in [-0.25, -0.2) is 0 Å². The first-order chi connectivity index (χ1) is 9.55. The second kappa shape index (κ2) is 6.59. The molecule has 0 aliphatic carbocycles. The number of carbonyl (C=O) groups is 1. The lowest BCUT2D eigenvalue weighted by molar-refractivity contribution is -0.0560. The monoisotopic (exact) mass is 341 g/mol. The summed E-state index contributed by atoms with van der Waals surface area (Å²) in [5, 5.41) is 0.728. The van der Waals surface area contributed by atoms with Gasteiger partial charge in [-0.2, -0.15) is 0 Å². The minimum atomic E-state index is 0.00616. The number of methoxy groups -OCH3 is 1. The molecule has 1 aromatic carbocycles. The van der Waals surface area contributed by atoms with Crippen LogP contribution >= 0.6 is 15.9 Å².